The lowest BCUT2D eigenvalue weighted by molar-refractivity contribution is 0.0231. The number of anilines is 1. The molecule has 0 amide bonds. The standard InChI is InChI=1S/C14H17N3O/c1-10-8-12(6-7-18-10)16-14-15-9-11-4-2-3-5-13(11)17-14/h2-5,9-10,12H,6-8H2,1H3,(H,15,16,17). The van der Waals surface area contributed by atoms with Crippen molar-refractivity contribution in [1.82, 2.24) is 9.97 Å². The molecule has 94 valence electrons. The lowest BCUT2D eigenvalue weighted by atomic mass is 10.0. The number of hydrogen-bond donors (Lipinski definition) is 1. The van der Waals surface area contributed by atoms with Crippen molar-refractivity contribution in [3.8, 4) is 0 Å². The molecule has 1 aromatic heterocycles. The van der Waals surface area contributed by atoms with Crippen LogP contribution in [-0.4, -0.2) is 28.7 Å². The van der Waals surface area contributed by atoms with Crippen molar-refractivity contribution in [2.75, 3.05) is 11.9 Å². The van der Waals surface area contributed by atoms with E-state index in [-0.39, 0.29) is 0 Å². The minimum absolute atomic E-state index is 0.316. The van der Waals surface area contributed by atoms with E-state index in [2.05, 4.69) is 22.2 Å². The Hall–Kier alpha value is -1.68. The molecule has 1 saturated heterocycles. The van der Waals surface area contributed by atoms with E-state index in [1.54, 1.807) is 0 Å². The maximum atomic E-state index is 5.54. The molecule has 1 fully saturated rings. The van der Waals surface area contributed by atoms with Gasteiger partial charge in [0.05, 0.1) is 11.6 Å². The molecule has 1 N–H and O–H groups in total. The molecular weight excluding hydrogens is 226 g/mol. The van der Waals surface area contributed by atoms with E-state index in [1.165, 1.54) is 0 Å². The summed E-state index contributed by atoms with van der Waals surface area (Å²) in [6.07, 6.45) is 4.21. The highest BCUT2D eigenvalue weighted by atomic mass is 16.5. The molecule has 1 aliphatic rings. The molecule has 0 saturated carbocycles. The Morgan fingerprint density at radius 3 is 3.11 bits per heavy atom. The lowest BCUT2D eigenvalue weighted by Crippen LogP contribution is -2.33. The van der Waals surface area contributed by atoms with Gasteiger partial charge in [0.1, 0.15) is 0 Å². The van der Waals surface area contributed by atoms with Crippen LogP contribution in [-0.2, 0) is 4.74 Å². The van der Waals surface area contributed by atoms with Gasteiger partial charge in [0.25, 0.3) is 0 Å². The molecule has 0 spiro atoms. The van der Waals surface area contributed by atoms with Gasteiger partial charge in [0, 0.05) is 24.2 Å². The first-order valence-corrected chi connectivity index (χ1v) is 6.41. The second-order valence-electron chi connectivity index (χ2n) is 4.80. The van der Waals surface area contributed by atoms with E-state index >= 15 is 0 Å². The van der Waals surface area contributed by atoms with Crippen LogP contribution in [0, 0.1) is 0 Å². The average molecular weight is 243 g/mol. The molecule has 0 aliphatic carbocycles. The largest absolute Gasteiger partial charge is 0.378 e. The fourth-order valence-corrected chi connectivity index (χ4v) is 2.35. The second kappa shape index (κ2) is 4.90. The third-order valence-corrected chi connectivity index (χ3v) is 3.31. The molecule has 2 aromatic rings. The van der Waals surface area contributed by atoms with Crippen molar-refractivity contribution in [2.45, 2.75) is 31.9 Å². The van der Waals surface area contributed by atoms with Crippen molar-refractivity contribution in [2.24, 2.45) is 0 Å². The van der Waals surface area contributed by atoms with Gasteiger partial charge in [0.15, 0.2) is 0 Å². The zero-order valence-corrected chi connectivity index (χ0v) is 10.5. The third kappa shape index (κ3) is 2.43. The predicted octanol–water partition coefficient (Wildman–Crippen LogP) is 2.61. The molecular formula is C14H17N3O. The van der Waals surface area contributed by atoms with Crippen LogP contribution in [0.15, 0.2) is 30.5 Å². The Balaban J connectivity index is 1.78. The van der Waals surface area contributed by atoms with Crippen LogP contribution in [0.1, 0.15) is 19.8 Å². The molecule has 4 heteroatoms. The van der Waals surface area contributed by atoms with Crippen molar-refractivity contribution in [3.05, 3.63) is 30.5 Å². The van der Waals surface area contributed by atoms with E-state index in [4.69, 9.17) is 4.74 Å². The Morgan fingerprint density at radius 1 is 1.33 bits per heavy atom. The second-order valence-corrected chi connectivity index (χ2v) is 4.80. The van der Waals surface area contributed by atoms with Crippen molar-refractivity contribution >= 4 is 16.9 Å². The molecule has 1 aromatic carbocycles. The SMILES string of the molecule is CC1CC(Nc2ncc3ccccc3n2)CCO1. The quantitative estimate of drug-likeness (QED) is 0.880. The number of nitrogens with zero attached hydrogens (tertiary/aromatic N) is 2. The number of hydrogen-bond acceptors (Lipinski definition) is 4. The first-order valence-electron chi connectivity index (χ1n) is 6.41. The van der Waals surface area contributed by atoms with Crippen LogP contribution in [0.25, 0.3) is 10.9 Å². The van der Waals surface area contributed by atoms with Gasteiger partial charge in [-0.1, -0.05) is 18.2 Å². The van der Waals surface area contributed by atoms with E-state index in [0.717, 1.165) is 30.4 Å². The Labute approximate surface area is 106 Å². The number of fused-ring (bicyclic) bond motifs is 1. The number of para-hydroxylation sites is 1. The van der Waals surface area contributed by atoms with Gasteiger partial charge in [-0.3, -0.25) is 0 Å². The molecule has 2 unspecified atom stereocenters. The Morgan fingerprint density at radius 2 is 2.22 bits per heavy atom. The van der Waals surface area contributed by atoms with Crippen LogP contribution >= 0.6 is 0 Å². The molecule has 1 aliphatic heterocycles. The minimum atomic E-state index is 0.316. The zero-order chi connectivity index (χ0) is 12.4. The summed E-state index contributed by atoms with van der Waals surface area (Å²) in [7, 11) is 0. The third-order valence-electron chi connectivity index (χ3n) is 3.31. The number of rotatable bonds is 2. The van der Waals surface area contributed by atoms with Crippen LogP contribution in [0.5, 0.6) is 0 Å². The highest BCUT2D eigenvalue weighted by Gasteiger charge is 2.19. The molecule has 4 nitrogen and oxygen atoms in total. The van der Waals surface area contributed by atoms with Gasteiger partial charge in [0.2, 0.25) is 5.95 Å². The minimum Gasteiger partial charge on any atom is -0.378 e. The maximum absolute atomic E-state index is 5.54. The molecule has 0 bridgehead atoms. The van der Waals surface area contributed by atoms with Crippen molar-refractivity contribution in [1.29, 1.82) is 0 Å². The Kier molecular flexibility index (Phi) is 3.11. The van der Waals surface area contributed by atoms with Crippen LogP contribution in [0.3, 0.4) is 0 Å². The van der Waals surface area contributed by atoms with Gasteiger partial charge in [-0.15, -0.1) is 0 Å². The van der Waals surface area contributed by atoms with Crippen LogP contribution in [0.4, 0.5) is 5.95 Å². The van der Waals surface area contributed by atoms with Gasteiger partial charge in [-0.25, -0.2) is 9.97 Å². The molecule has 0 radical (unpaired) electrons. The van der Waals surface area contributed by atoms with E-state index < -0.39 is 0 Å². The molecule has 2 heterocycles. The van der Waals surface area contributed by atoms with E-state index in [1.807, 2.05) is 30.5 Å². The summed E-state index contributed by atoms with van der Waals surface area (Å²) in [5.41, 5.74) is 0.982. The maximum Gasteiger partial charge on any atom is 0.223 e. The number of nitrogens with one attached hydrogen (secondary N) is 1. The summed E-state index contributed by atoms with van der Waals surface area (Å²) in [5.74, 6) is 0.716. The fourth-order valence-electron chi connectivity index (χ4n) is 2.35. The summed E-state index contributed by atoms with van der Waals surface area (Å²) < 4.78 is 5.54. The normalized spacial score (nSPS) is 24.1. The summed E-state index contributed by atoms with van der Waals surface area (Å²) >= 11 is 0. The van der Waals surface area contributed by atoms with Gasteiger partial charge in [-0.2, -0.15) is 0 Å². The topological polar surface area (TPSA) is 47.0 Å². The lowest BCUT2D eigenvalue weighted by Gasteiger charge is -2.27. The van der Waals surface area contributed by atoms with Gasteiger partial charge >= 0.3 is 0 Å². The first-order chi connectivity index (χ1) is 8.81. The Bertz CT molecular complexity index is 543. The van der Waals surface area contributed by atoms with Crippen molar-refractivity contribution < 1.29 is 4.74 Å². The number of aromatic nitrogens is 2. The smallest absolute Gasteiger partial charge is 0.223 e. The van der Waals surface area contributed by atoms with Crippen molar-refractivity contribution in [3.63, 3.8) is 0 Å². The summed E-state index contributed by atoms with van der Waals surface area (Å²) in [6, 6.07) is 8.44. The molecule has 18 heavy (non-hydrogen) atoms. The van der Waals surface area contributed by atoms with E-state index in [0.29, 0.717) is 18.1 Å². The highest BCUT2D eigenvalue weighted by Crippen LogP contribution is 2.18. The molecule has 2 atom stereocenters. The van der Waals surface area contributed by atoms with Gasteiger partial charge < -0.3 is 10.1 Å². The van der Waals surface area contributed by atoms with Crippen LogP contribution < -0.4 is 5.32 Å². The summed E-state index contributed by atoms with van der Waals surface area (Å²) in [5, 5.41) is 4.47. The fraction of sp³-hybridized carbons (Fsp3) is 0.429. The van der Waals surface area contributed by atoms with Gasteiger partial charge in [-0.05, 0) is 25.8 Å². The van der Waals surface area contributed by atoms with Crippen LogP contribution in [0.2, 0.25) is 0 Å². The predicted molar refractivity (Wildman–Crippen MR) is 71.6 cm³/mol. The number of benzene rings is 1. The summed E-state index contributed by atoms with van der Waals surface area (Å²) in [6.45, 7) is 2.92. The summed E-state index contributed by atoms with van der Waals surface area (Å²) in [4.78, 5) is 8.89. The average Bonchev–Trinajstić information content (AvgIpc) is 2.39. The highest BCUT2D eigenvalue weighted by molar-refractivity contribution is 5.78. The monoisotopic (exact) mass is 243 g/mol. The number of ether oxygens (including phenoxy) is 1. The first kappa shape index (κ1) is 11.4. The molecule has 3 rings (SSSR count). The zero-order valence-electron chi connectivity index (χ0n) is 10.5. The van der Waals surface area contributed by atoms with E-state index in [9.17, 15) is 0 Å².